The highest BCUT2D eigenvalue weighted by Gasteiger charge is 2.16. The van der Waals surface area contributed by atoms with Crippen LogP contribution < -0.4 is 5.32 Å². The van der Waals surface area contributed by atoms with E-state index in [0.717, 1.165) is 5.56 Å². The smallest absolute Gasteiger partial charge is 0.220 e. The monoisotopic (exact) mass is 437 g/mol. The number of carbonyl (C=O) groups excluding carboxylic acids is 1. The first-order chi connectivity index (χ1) is 13.4. The number of halogens is 2. The van der Waals surface area contributed by atoms with Crippen LogP contribution in [0.1, 0.15) is 23.9 Å². The van der Waals surface area contributed by atoms with Gasteiger partial charge in [-0.05, 0) is 54.7 Å². The molecule has 0 bridgehead atoms. The number of rotatable bonds is 8. The highest BCUT2D eigenvalue weighted by atomic mass is 35.5. The maximum absolute atomic E-state index is 12.2. The maximum atomic E-state index is 12.2. The highest BCUT2D eigenvalue weighted by Crippen LogP contribution is 2.30. The summed E-state index contributed by atoms with van der Waals surface area (Å²) in [7, 11) is 4.01. The van der Waals surface area contributed by atoms with Crippen molar-refractivity contribution in [2.75, 3.05) is 20.6 Å². The van der Waals surface area contributed by atoms with E-state index in [2.05, 4.69) is 26.6 Å². The molecule has 28 heavy (non-hydrogen) atoms. The molecular formula is C20H21Cl2N3O2S. The predicted molar refractivity (Wildman–Crippen MR) is 114 cm³/mol. The van der Waals surface area contributed by atoms with Crippen molar-refractivity contribution in [1.29, 1.82) is 0 Å². The Morgan fingerprint density at radius 2 is 2.14 bits per heavy atom. The van der Waals surface area contributed by atoms with Gasteiger partial charge >= 0.3 is 0 Å². The topological polar surface area (TPSA) is 58.4 Å². The van der Waals surface area contributed by atoms with Crippen molar-refractivity contribution in [2.24, 2.45) is 0 Å². The summed E-state index contributed by atoms with van der Waals surface area (Å²) in [6, 6.07) is 7.41. The zero-order chi connectivity index (χ0) is 20.1. The Bertz CT molecular complexity index is 925. The molecule has 5 nitrogen and oxygen atoms in total. The van der Waals surface area contributed by atoms with E-state index in [9.17, 15) is 4.79 Å². The predicted octanol–water partition coefficient (Wildman–Crippen LogP) is 5.06. The Hall–Kier alpha value is -1.86. The molecule has 148 valence electrons. The molecule has 0 unspecified atom stereocenters. The number of aromatic nitrogens is 1. The van der Waals surface area contributed by atoms with Crippen LogP contribution in [0.25, 0.3) is 11.3 Å². The van der Waals surface area contributed by atoms with Crippen molar-refractivity contribution in [3.63, 3.8) is 0 Å². The van der Waals surface area contributed by atoms with Crippen LogP contribution >= 0.6 is 34.5 Å². The molecule has 1 amide bonds. The second-order valence-electron chi connectivity index (χ2n) is 6.58. The molecule has 2 heterocycles. The summed E-state index contributed by atoms with van der Waals surface area (Å²) in [6.45, 7) is 0.555. The van der Waals surface area contributed by atoms with Crippen molar-refractivity contribution in [3.8, 4) is 11.3 Å². The standard InChI is InChI=1S/C20H21Cl2N3O2S/c1-25(2)17(13-7-8-28-12-13)10-23-19(26)5-6-20-24-11-18(27-20)15-4-3-14(21)9-16(15)22/h3-4,7-9,11-12,17H,5-6,10H2,1-2H3,(H,23,26)/t17-/m1/s1. The molecule has 3 aromatic rings. The molecule has 0 aliphatic carbocycles. The van der Waals surface area contributed by atoms with Crippen LogP contribution in [0.15, 0.2) is 45.6 Å². The van der Waals surface area contributed by atoms with E-state index in [1.54, 1.807) is 35.7 Å². The summed E-state index contributed by atoms with van der Waals surface area (Å²) in [5.41, 5.74) is 1.92. The highest BCUT2D eigenvalue weighted by molar-refractivity contribution is 7.08. The quantitative estimate of drug-likeness (QED) is 0.534. The second-order valence-corrected chi connectivity index (χ2v) is 8.21. The lowest BCUT2D eigenvalue weighted by Gasteiger charge is -2.23. The Balaban J connectivity index is 1.53. The molecule has 0 saturated heterocycles. The normalized spacial score (nSPS) is 12.3. The van der Waals surface area contributed by atoms with Crippen molar-refractivity contribution in [2.45, 2.75) is 18.9 Å². The molecular weight excluding hydrogens is 417 g/mol. The molecule has 1 N–H and O–H groups in total. The number of likely N-dealkylation sites (N-methyl/N-ethyl adjacent to an activating group) is 1. The van der Waals surface area contributed by atoms with Crippen LogP contribution in [-0.4, -0.2) is 36.4 Å². The van der Waals surface area contributed by atoms with E-state index in [1.807, 2.05) is 19.5 Å². The van der Waals surface area contributed by atoms with E-state index >= 15 is 0 Å². The average molecular weight is 438 g/mol. The lowest BCUT2D eigenvalue weighted by Crippen LogP contribution is -2.34. The number of carbonyl (C=O) groups is 1. The van der Waals surface area contributed by atoms with Gasteiger partial charge in [-0.15, -0.1) is 0 Å². The first kappa shape index (κ1) is 20.9. The van der Waals surface area contributed by atoms with E-state index in [0.29, 0.717) is 41.1 Å². The fraction of sp³-hybridized carbons (Fsp3) is 0.300. The van der Waals surface area contributed by atoms with Gasteiger partial charge in [-0.3, -0.25) is 4.79 Å². The molecule has 0 fully saturated rings. The number of nitrogens with zero attached hydrogens (tertiary/aromatic N) is 2. The molecule has 1 atom stereocenters. The molecule has 2 aromatic heterocycles. The Kier molecular flexibility index (Phi) is 7.13. The van der Waals surface area contributed by atoms with Crippen LogP contribution in [0.2, 0.25) is 10.0 Å². The molecule has 0 radical (unpaired) electrons. The molecule has 8 heteroatoms. The van der Waals surface area contributed by atoms with Crippen molar-refractivity contribution >= 4 is 40.4 Å². The zero-order valence-corrected chi connectivity index (χ0v) is 17.9. The van der Waals surface area contributed by atoms with Gasteiger partial charge in [0, 0.05) is 30.0 Å². The Morgan fingerprint density at radius 3 is 2.82 bits per heavy atom. The number of nitrogens with one attached hydrogen (secondary N) is 1. The lowest BCUT2D eigenvalue weighted by molar-refractivity contribution is -0.121. The first-order valence-electron chi connectivity index (χ1n) is 8.79. The summed E-state index contributed by atoms with van der Waals surface area (Å²) in [4.78, 5) is 18.6. The number of benzene rings is 1. The van der Waals surface area contributed by atoms with Gasteiger partial charge < -0.3 is 14.6 Å². The minimum absolute atomic E-state index is 0.0358. The van der Waals surface area contributed by atoms with Crippen LogP contribution in [-0.2, 0) is 11.2 Å². The number of hydrogen-bond acceptors (Lipinski definition) is 5. The van der Waals surface area contributed by atoms with Crippen LogP contribution in [0.4, 0.5) is 0 Å². The summed E-state index contributed by atoms with van der Waals surface area (Å²) in [5, 5.41) is 8.20. The van der Waals surface area contributed by atoms with E-state index in [4.69, 9.17) is 27.6 Å². The van der Waals surface area contributed by atoms with Gasteiger partial charge in [0.2, 0.25) is 5.91 Å². The molecule has 0 aliphatic heterocycles. The van der Waals surface area contributed by atoms with Gasteiger partial charge in [0.1, 0.15) is 0 Å². The summed E-state index contributed by atoms with van der Waals surface area (Å²) >= 11 is 13.8. The number of amides is 1. The van der Waals surface area contributed by atoms with E-state index in [1.165, 1.54) is 5.56 Å². The minimum Gasteiger partial charge on any atom is -0.441 e. The Morgan fingerprint density at radius 1 is 1.32 bits per heavy atom. The number of hydrogen-bond donors (Lipinski definition) is 1. The van der Waals surface area contributed by atoms with Crippen LogP contribution in [0, 0.1) is 0 Å². The van der Waals surface area contributed by atoms with Crippen molar-refractivity contribution in [1.82, 2.24) is 15.2 Å². The van der Waals surface area contributed by atoms with Gasteiger partial charge in [0.25, 0.3) is 0 Å². The fourth-order valence-electron chi connectivity index (χ4n) is 2.82. The Labute approximate surface area is 178 Å². The summed E-state index contributed by atoms with van der Waals surface area (Å²) in [6.07, 6.45) is 2.33. The molecule has 1 aromatic carbocycles. The van der Waals surface area contributed by atoms with Crippen LogP contribution in [0.5, 0.6) is 0 Å². The molecule has 0 saturated carbocycles. The van der Waals surface area contributed by atoms with Gasteiger partial charge in [0.15, 0.2) is 11.7 Å². The third-order valence-corrected chi connectivity index (χ3v) is 5.61. The number of thiophene rings is 1. The number of oxazole rings is 1. The minimum atomic E-state index is -0.0358. The van der Waals surface area contributed by atoms with Crippen molar-refractivity contribution < 1.29 is 9.21 Å². The summed E-state index contributed by atoms with van der Waals surface area (Å²) in [5.74, 6) is 1.02. The second kappa shape index (κ2) is 9.56. The van der Waals surface area contributed by atoms with Gasteiger partial charge in [0.05, 0.1) is 17.3 Å². The molecule has 0 spiro atoms. The third-order valence-electron chi connectivity index (χ3n) is 4.36. The summed E-state index contributed by atoms with van der Waals surface area (Å²) < 4.78 is 5.74. The van der Waals surface area contributed by atoms with Gasteiger partial charge in [-0.2, -0.15) is 11.3 Å². The molecule has 0 aliphatic rings. The lowest BCUT2D eigenvalue weighted by atomic mass is 10.1. The van der Waals surface area contributed by atoms with Gasteiger partial charge in [-0.1, -0.05) is 23.2 Å². The third kappa shape index (κ3) is 5.35. The fourth-order valence-corrected chi connectivity index (χ4v) is 4.03. The number of aryl methyl sites for hydroxylation is 1. The first-order valence-corrected chi connectivity index (χ1v) is 10.5. The largest absolute Gasteiger partial charge is 0.441 e. The van der Waals surface area contributed by atoms with Crippen LogP contribution in [0.3, 0.4) is 0 Å². The zero-order valence-electron chi connectivity index (χ0n) is 15.6. The van der Waals surface area contributed by atoms with E-state index < -0.39 is 0 Å². The van der Waals surface area contributed by atoms with Crippen molar-refractivity contribution in [3.05, 3.63) is 62.7 Å². The average Bonchev–Trinajstić information content (AvgIpc) is 3.32. The van der Waals surface area contributed by atoms with E-state index in [-0.39, 0.29) is 11.9 Å². The van der Waals surface area contributed by atoms with Gasteiger partial charge in [-0.25, -0.2) is 4.98 Å². The molecule has 3 rings (SSSR count). The SMILES string of the molecule is CN(C)[C@H](CNC(=O)CCc1ncc(-c2ccc(Cl)cc2Cl)o1)c1ccsc1. The maximum Gasteiger partial charge on any atom is 0.220 e.